The largest absolute Gasteiger partial charge is 0.394 e. The molecule has 2 rings (SSSR count). The molecule has 2 aliphatic rings. The van der Waals surface area contributed by atoms with Crippen LogP contribution in [0.15, 0.2) is 85.1 Å². The van der Waals surface area contributed by atoms with Crippen molar-refractivity contribution in [3.8, 4) is 0 Å². The van der Waals surface area contributed by atoms with Gasteiger partial charge in [-0.25, -0.2) is 0 Å². The first kappa shape index (κ1) is 71.3. The third kappa shape index (κ3) is 33.8. The van der Waals surface area contributed by atoms with Crippen molar-refractivity contribution in [3.05, 3.63) is 85.1 Å². The van der Waals surface area contributed by atoms with Crippen molar-refractivity contribution in [2.24, 2.45) is 0 Å². The van der Waals surface area contributed by atoms with Crippen molar-refractivity contribution in [1.82, 2.24) is 5.32 Å². The monoisotopic (exact) mass is 1100 g/mol. The number of nitrogens with one attached hydrogen (secondary N) is 1. The summed E-state index contributed by atoms with van der Waals surface area (Å²) in [6, 6.07) is -0.915. The van der Waals surface area contributed by atoms with E-state index in [-0.39, 0.29) is 18.9 Å². The van der Waals surface area contributed by atoms with Gasteiger partial charge < -0.3 is 65.1 Å². The summed E-state index contributed by atoms with van der Waals surface area (Å²) in [6.45, 7) is 2.63. The van der Waals surface area contributed by atoms with E-state index < -0.39 is 86.8 Å². The van der Waals surface area contributed by atoms with Crippen molar-refractivity contribution >= 4 is 5.91 Å². The van der Waals surface area contributed by atoms with Crippen LogP contribution in [0.2, 0.25) is 0 Å². The predicted molar refractivity (Wildman–Crippen MR) is 313 cm³/mol. The second-order valence-electron chi connectivity index (χ2n) is 21.5. The molecule has 1 amide bonds. The second kappa shape index (κ2) is 48.8. The number of carbonyl (C=O) groups excluding carboxylic acids is 1. The van der Waals surface area contributed by atoms with Crippen LogP contribution in [0.5, 0.6) is 0 Å². The van der Waals surface area contributed by atoms with Crippen LogP contribution in [0, 0.1) is 0 Å². The van der Waals surface area contributed by atoms with E-state index >= 15 is 0 Å². The van der Waals surface area contributed by atoms with E-state index in [2.05, 4.69) is 92.1 Å². The van der Waals surface area contributed by atoms with E-state index in [1.54, 1.807) is 6.08 Å². The van der Waals surface area contributed by atoms with E-state index in [9.17, 15) is 45.6 Å². The number of aliphatic hydroxyl groups excluding tert-OH is 8. The second-order valence-corrected chi connectivity index (χ2v) is 21.5. The highest BCUT2D eigenvalue weighted by Gasteiger charge is 2.51. The highest BCUT2D eigenvalue weighted by molar-refractivity contribution is 5.76. The van der Waals surface area contributed by atoms with Gasteiger partial charge in [0.1, 0.15) is 48.8 Å². The predicted octanol–water partition coefficient (Wildman–Crippen LogP) is 10.9. The Labute approximate surface area is 471 Å². The average molecular weight is 1100 g/mol. The fourth-order valence-corrected chi connectivity index (χ4v) is 9.65. The zero-order chi connectivity index (χ0) is 56.7. The van der Waals surface area contributed by atoms with Crippen LogP contribution in [0.3, 0.4) is 0 Å². The van der Waals surface area contributed by atoms with Crippen LogP contribution in [0.4, 0.5) is 0 Å². The molecule has 12 atom stereocenters. The number of amides is 1. The zero-order valence-electron chi connectivity index (χ0n) is 48.4. The average Bonchev–Trinajstić information content (AvgIpc) is 3.44. The third-order valence-electron chi connectivity index (χ3n) is 14.6. The van der Waals surface area contributed by atoms with E-state index in [4.69, 9.17) is 18.9 Å². The van der Waals surface area contributed by atoms with E-state index in [1.807, 2.05) is 6.08 Å². The van der Waals surface area contributed by atoms with Gasteiger partial charge in [0.25, 0.3) is 0 Å². The number of hydrogen-bond donors (Lipinski definition) is 9. The first-order valence-corrected chi connectivity index (χ1v) is 30.8. The summed E-state index contributed by atoms with van der Waals surface area (Å²) in [5.74, 6) is -0.244. The number of unbranched alkanes of at least 4 members (excludes halogenated alkanes) is 23. The van der Waals surface area contributed by atoms with Crippen molar-refractivity contribution in [2.45, 2.75) is 293 Å². The van der Waals surface area contributed by atoms with Gasteiger partial charge in [0.05, 0.1) is 32.0 Å². The van der Waals surface area contributed by atoms with Crippen LogP contribution < -0.4 is 5.32 Å². The van der Waals surface area contributed by atoms with Crippen molar-refractivity contribution < 1.29 is 64.6 Å². The molecule has 0 aromatic heterocycles. The minimum absolute atomic E-state index is 0.244. The molecule has 0 aromatic rings. The maximum absolute atomic E-state index is 13.2. The first-order valence-electron chi connectivity index (χ1n) is 30.8. The Balaban J connectivity index is 1.59. The molecule has 14 nitrogen and oxygen atoms in total. The van der Waals surface area contributed by atoms with Crippen LogP contribution in [-0.4, -0.2) is 140 Å². The van der Waals surface area contributed by atoms with E-state index in [0.29, 0.717) is 6.42 Å². The Bertz CT molecular complexity index is 1630. The molecule has 0 saturated carbocycles. The number of hydrogen-bond acceptors (Lipinski definition) is 13. The maximum atomic E-state index is 13.2. The molecule has 0 spiro atoms. The van der Waals surface area contributed by atoms with Gasteiger partial charge in [-0.2, -0.15) is 0 Å². The quantitative estimate of drug-likeness (QED) is 0.0204. The number of ether oxygens (including phenoxy) is 4. The van der Waals surface area contributed by atoms with Gasteiger partial charge in [0, 0.05) is 6.42 Å². The number of carbonyl (C=O) groups is 1. The Kier molecular flexibility index (Phi) is 44.6. The van der Waals surface area contributed by atoms with Gasteiger partial charge >= 0.3 is 0 Å². The molecule has 2 fully saturated rings. The Morgan fingerprint density at radius 2 is 0.885 bits per heavy atom. The van der Waals surface area contributed by atoms with Crippen LogP contribution >= 0.6 is 0 Å². The molecule has 9 N–H and O–H groups in total. The molecule has 2 heterocycles. The summed E-state index contributed by atoms with van der Waals surface area (Å²) in [6.07, 6.45) is 49.5. The Morgan fingerprint density at radius 1 is 0.474 bits per heavy atom. The Morgan fingerprint density at radius 3 is 1.36 bits per heavy atom. The highest BCUT2D eigenvalue weighted by Crippen LogP contribution is 2.30. The van der Waals surface area contributed by atoms with Crippen LogP contribution in [-0.2, 0) is 23.7 Å². The van der Waals surface area contributed by atoms with Gasteiger partial charge in [-0.15, -0.1) is 0 Å². The highest BCUT2D eigenvalue weighted by atomic mass is 16.7. The molecular formula is C64H111NO13. The van der Waals surface area contributed by atoms with Gasteiger partial charge in [-0.1, -0.05) is 227 Å². The van der Waals surface area contributed by atoms with E-state index in [1.165, 1.54) is 109 Å². The Hall–Kier alpha value is -2.83. The molecule has 2 saturated heterocycles. The lowest BCUT2D eigenvalue weighted by Crippen LogP contribution is -2.65. The molecular weight excluding hydrogens is 991 g/mol. The van der Waals surface area contributed by atoms with Gasteiger partial charge in [0.2, 0.25) is 5.91 Å². The smallest absolute Gasteiger partial charge is 0.220 e. The van der Waals surface area contributed by atoms with E-state index in [0.717, 1.165) is 83.5 Å². The normalized spacial score (nSPS) is 25.2. The molecule has 12 unspecified atom stereocenters. The molecule has 0 aromatic carbocycles. The van der Waals surface area contributed by atoms with Crippen molar-refractivity contribution in [3.63, 3.8) is 0 Å². The van der Waals surface area contributed by atoms with Gasteiger partial charge in [-0.3, -0.25) is 4.79 Å². The summed E-state index contributed by atoms with van der Waals surface area (Å²) in [7, 11) is 0. The minimum Gasteiger partial charge on any atom is -0.394 e. The summed E-state index contributed by atoms with van der Waals surface area (Å²) in [5, 5.41) is 86.8. The number of allylic oxidation sites excluding steroid dienone is 13. The van der Waals surface area contributed by atoms with Crippen LogP contribution in [0.25, 0.3) is 0 Å². The zero-order valence-corrected chi connectivity index (χ0v) is 48.4. The fourth-order valence-electron chi connectivity index (χ4n) is 9.65. The summed E-state index contributed by atoms with van der Waals surface area (Å²) < 4.78 is 22.7. The lowest BCUT2D eigenvalue weighted by molar-refractivity contribution is -0.359. The first-order chi connectivity index (χ1) is 38.1. The SMILES string of the molecule is CC/C=C\C/C=C\C/C=C\C/C=C\C/C=C\C/C=C\CCCCCCCCCCCCCCCCCCC(=O)NC(COC1OC(CO)C(OC2OC(CO)C(O)C(O)C2O)C(O)C1O)C(O)/C=C/CCCCCCCCC. The van der Waals surface area contributed by atoms with Gasteiger partial charge in [0.15, 0.2) is 12.6 Å². The number of rotatable bonds is 48. The standard InChI is InChI=1S/C64H111NO13/c1-3-5-7-9-11-13-14-15-16-17-18-19-20-21-22-23-24-25-26-27-28-29-30-31-32-33-34-35-36-37-38-40-42-44-46-48-56(69)65-52(53(68)47-45-43-41-39-12-10-8-6-4-2)51-75-63-61(74)59(72)62(55(50-67)77-63)78-64-60(73)58(71)57(70)54(49-66)76-64/h5,7,11,13,15-16,18-19,21-22,24-25,45,47,52-55,57-64,66-68,70-74H,3-4,6,8-10,12,14,17,20,23,26-44,46,48-51H2,1-2H3,(H,65,69)/b7-5-,13-11-,16-15-,19-18-,22-21-,25-24-,47-45+. The third-order valence-corrected chi connectivity index (χ3v) is 14.6. The fraction of sp³-hybridized carbons (Fsp3) is 0.766. The molecule has 0 bridgehead atoms. The van der Waals surface area contributed by atoms with Crippen molar-refractivity contribution in [1.29, 1.82) is 0 Å². The summed E-state index contributed by atoms with van der Waals surface area (Å²) in [5.41, 5.74) is 0. The molecule has 14 heteroatoms. The van der Waals surface area contributed by atoms with Crippen molar-refractivity contribution in [2.75, 3.05) is 19.8 Å². The molecule has 0 radical (unpaired) electrons. The minimum atomic E-state index is -1.79. The maximum Gasteiger partial charge on any atom is 0.220 e. The van der Waals surface area contributed by atoms with Gasteiger partial charge in [-0.05, 0) is 70.6 Å². The molecule has 2 aliphatic heterocycles. The lowest BCUT2D eigenvalue weighted by Gasteiger charge is -2.46. The molecule has 78 heavy (non-hydrogen) atoms. The summed E-state index contributed by atoms with van der Waals surface area (Å²) in [4.78, 5) is 13.2. The topological polar surface area (TPSA) is 228 Å². The molecule has 450 valence electrons. The summed E-state index contributed by atoms with van der Waals surface area (Å²) >= 11 is 0. The number of aliphatic hydroxyl groups is 8. The lowest BCUT2D eigenvalue weighted by atomic mass is 9.97. The van der Waals surface area contributed by atoms with Crippen LogP contribution in [0.1, 0.15) is 219 Å². The molecule has 0 aliphatic carbocycles.